The zero-order valence-corrected chi connectivity index (χ0v) is 11.3. The summed E-state index contributed by atoms with van der Waals surface area (Å²) in [5, 5.41) is 15.1. The summed E-state index contributed by atoms with van der Waals surface area (Å²) in [5.74, 6) is 0.797. The average molecular weight is 258 g/mol. The highest BCUT2D eigenvalue weighted by Crippen LogP contribution is 2.40. The van der Waals surface area contributed by atoms with Crippen LogP contribution < -0.4 is 4.74 Å². The lowest BCUT2D eigenvalue weighted by Crippen LogP contribution is -2.25. The molecule has 1 aliphatic rings. The predicted molar refractivity (Wildman–Crippen MR) is 72.1 cm³/mol. The molecule has 0 spiro atoms. The number of benzene rings is 1. The maximum atomic E-state index is 10.9. The molecule has 0 radical (unpaired) electrons. The van der Waals surface area contributed by atoms with E-state index in [1.807, 2.05) is 31.6 Å². The molecular weight excluding hydrogens is 240 g/mol. The molecule has 4 nitrogen and oxygen atoms in total. The minimum absolute atomic E-state index is 0.598. The number of nitrogens with zero attached hydrogens (tertiary/aromatic N) is 2. The molecule has 0 bridgehead atoms. The van der Waals surface area contributed by atoms with Crippen molar-refractivity contribution in [2.24, 2.45) is 7.05 Å². The fraction of sp³-hybridized carbons (Fsp3) is 0.400. The van der Waals surface area contributed by atoms with Gasteiger partial charge in [0.25, 0.3) is 0 Å². The summed E-state index contributed by atoms with van der Waals surface area (Å²) < 4.78 is 7.02. The lowest BCUT2D eigenvalue weighted by Gasteiger charge is -2.23. The molecule has 0 amide bonds. The number of aryl methyl sites for hydroxylation is 2. The van der Waals surface area contributed by atoms with Gasteiger partial charge in [0.1, 0.15) is 5.75 Å². The van der Waals surface area contributed by atoms with Crippen LogP contribution in [0.25, 0.3) is 0 Å². The van der Waals surface area contributed by atoms with E-state index < -0.39 is 5.60 Å². The van der Waals surface area contributed by atoms with Gasteiger partial charge in [-0.2, -0.15) is 5.10 Å². The van der Waals surface area contributed by atoms with Gasteiger partial charge in [0.2, 0.25) is 0 Å². The first-order valence-corrected chi connectivity index (χ1v) is 6.48. The van der Waals surface area contributed by atoms with Gasteiger partial charge < -0.3 is 9.84 Å². The summed E-state index contributed by atoms with van der Waals surface area (Å²) in [5.41, 5.74) is 2.47. The van der Waals surface area contributed by atoms with E-state index in [2.05, 4.69) is 11.2 Å². The van der Waals surface area contributed by atoms with Gasteiger partial charge in [-0.25, -0.2) is 0 Å². The SMILES string of the molecule is COc1ccc2c(c1)C(O)(Cc1cnn(C)c1)CC2. The Morgan fingerprint density at radius 2 is 2.32 bits per heavy atom. The molecule has 0 fully saturated rings. The van der Waals surface area contributed by atoms with Crippen LogP contribution in [0.5, 0.6) is 5.75 Å². The summed E-state index contributed by atoms with van der Waals surface area (Å²) in [7, 11) is 3.54. The summed E-state index contributed by atoms with van der Waals surface area (Å²) >= 11 is 0. The molecular formula is C15H18N2O2. The highest BCUT2D eigenvalue weighted by Gasteiger charge is 2.37. The second-order valence-electron chi connectivity index (χ2n) is 5.25. The number of ether oxygens (including phenoxy) is 1. The molecule has 1 heterocycles. The Balaban J connectivity index is 1.94. The van der Waals surface area contributed by atoms with Gasteiger partial charge in [-0.3, -0.25) is 4.68 Å². The third kappa shape index (κ3) is 2.12. The highest BCUT2D eigenvalue weighted by atomic mass is 16.5. The van der Waals surface area contributed by atoms with Gasteiger partial charge in [-0.15, -0.1) is 0 Å². The van der Waals surface area contributed by atoms with Crippen LogP contribution >= 0.6 is 0 Å². The van der Waals surface area contributed by atoms with Crippen molar-refractivity contribution >= 4 is 0 Å². The van der Waals surface area contributed by atoms with Crippen LogP contribution in [0.1, 0.15) is 23.1 Å². The standard InChI is InChI=1S/C15H18N2O2/c1-17-10-11(9-16-17)8-15(18)6-5-12-3-4-13(19-2)7-14(12)15/h3-4,7,9-10,18H,5-6,8H2,1-2H3. The Kier molecular flexibility index (Phi) is 2.82. The van der Waals surface area contributed by atoms with E-state index in [1.54, 1.807) is 11.8 Å². The smallest absolute Gasteiger partial charge is 0.119 e. The van der Waals surface area contributed by atoms with Gasteiger partial charge in [-0.05, 0) is 41.7 Å². The average Bonchev–Trinajstić information content (AvgIpc) is 2.94. The molecule has 4 heteroatoms. The molecule has 1 N–H and O–H groups in total. The van der Waals surface area contributed by atoms with E-state index in [1.165, 1.54) is 5.56 Å². The Hall–Kier alpha value is -1.81. The monoisotopic (exact) mass is 258 g/mol. The number of fused-ring (bicyclic) bond motifs is 1. The van der Waals surface area contributed by atoms with Crippen molar-refractivity contribution in [2.75, 3.05) is 7.11 Å². The Bertz CT molecular complexity index is 606. The van der Waals surface area contributed by atoms with Crippen LogP contribution in [0, 0.1) is 0 Å². The molecule has 1 aromatic carbocycles. The van der Waals surface area contributed by atoms with E-state index in [0.717, 1.165) is 29.7 Å². The van der Waals surface area contributed by atoms with E-state index in [4.69, 9.17) is 4.74 Å². The second kappa shape index (κ2) is 4.38. The van der Waals surface area contributed by atoms with Crippen molar-refractivity contribution < 1.29 is 9.84 Å². The topological polar surface area (TPSA) is 47.3 Å². The number of methoxy groups -OCH3 is 1. The van der Waals surface area contributed by atoms with Gasteiger partial charge in [0, 0.05) is 19.7 Å². The summed E-state index contributed by atoms with van der Waals surface area (Å²) in [4.78, 5) is 0. The minimum Gasteiger partial charge on any atom is -0.497 e. The number of rotatable bonds is 3. The number of aromatic nitrogens is 2. The molecule has 0 aliphatic heterocycles. The van der Waals surface area contributed by atoms with Crippen LogP contribution in [0.3, 0.4) is 0 Å². The second-order valence-corrected chi connectivity index (χ2v) is 5.25. The minimum atomic E-state index is -0.799. The van der Waals surface area contributed by atoms with Crippen LogP contribution in [0.2, 0.25) is 0 Å². The molecule has 0 saturated heterocycles. The van der Waals surface area contributed by atoms with Crippen LogP contribution in [-0.2, 0) is 25.5 Å². The normalized spacial score (nSPS) is 21.4. The predicted octanol–water partition coefficient (Wildman–Crippen LogP) is 1.81. The summed E-state index contributed by atoms with van der Waals surface area (Å²) in [6.07, 6.45) is 6.04. The molecule has 1 atom stereocenters. The molecule has 1 aromatic heterocycles. The lowest BCUT2D eigenvalue weighted by atomic mass is 9.90. The van der Waals surface area contributed by atoms with Gasteiger partial charge in [0.15, 0.2) is 0 Å². The lowest BCUT2D eigenvalue weighted by molar-refractivity contribution is 0.0388. The number of hydrogen-bond acceptors (Lipinski definition) is 3. The van der Waals surface area contributed by atoms with Crippen molar-refractivity contribution in [3.05, 3.63) is 47.3 Å². The number of hydrogen-bond donors (Lipinski definition) is 1. The first kappa shape index (κ1) is 12.2. The molecule has 100 valence electrons. The molecule has 3 rings (SSSR count). The first-order chi connectivity index (χ1) is 9.10. The Morgan fingerprint density at radius 3 is 3.00 bits per heavy atom. The molecule has 1 unspecified atom stereocenters. The molecule has 19 heavy (non-hydrogen) atoms. The first-order valence-electron chi connectivity index (χ1n) is 6.48. The van der Waals surface area contributed by atoms with Crippen molar-refractivity contribution in [3.63, 3.8) is 0 Å². The fourth-order valence-electron chi connectivity index (χ4n) is 2.89. The molecule has 2 aromatic rings. The number of aliphatic hydroxyl groups is 1. The van der Waals surface area contributed by atoms with Crippen molar-refractivity contribution in [2.45, 2.75) is 24.9 Å². The maximum Gasteiger partial charge on any atom is 0.119 e. The van der Waals surface area contributed by atoms with E-state index in [-0.39, 0.29) is 0 Å². The van der Waals surface area contributed by atoms with Crippen molar-refractivity contribution in [1.29, 1.82) is 0 Å². The third-order valence-electron chi connectivity index (χ3n) is 3.88. The van der Waals surface area contributed by atoms with Crippen molar-refractivity contribution in [1.82, 2.24) is 9.78 Å². The van der Waals surface area contributed by atoms with Crippen LogP contribution in [0.4, 0.5) is 0 Å². The zero-order chi connectivity index (χ0) is 13.5. The molecule has 1 aliphatic carbocycles. The van der Waals surface area contributed by atoms with Gasteiger partial charge in [0.05, 0.1) is 18.9 Å². The van der Waals surface area contributed by atoms with Crippen molar-refractivity contribution in [3.8, 4) is 5.75 Å². The van der Waals surface area contributed by atoms with Crippen LogP contribution in [-0.4, -0.2) is 22.0 Å². The quantitative estimate of drug-likeness (QED) is 0.913. The Labute approximate surface area is 112 Å². The van der Waals surface area contributed by atoms with Gasteiger partial charge >= 0.3 is 0 Å². The maximum absolute atomic E-state index is 10.9. The van der Waals surface area contributed by atoms with E-state index >= 15 is 0 Å². The Morgan fingerprint density at radius 1 is 1.47 bits per heavy atom. The molecule has 0 saturated carbocycles. The highest BCUT2D eigenvalue weighted by molar-refractivity contribution is 5.43. The largest absolute Gasteiger partial charge is 0.497 e. The summed E-state index contributed by atoms with van der Waals surface area (Å²) in [6.45, 7) is 0. The zero-order valence-electron chi connectivity index (χ0n) is 11.3. The van der Waals surface area contributed by atoms with E-state index in [0.29, 0.717) is 6.42 Å². The fourth-order valence-corrected chi connectivity index (χ4v) is 2.89. The third-order valence-corrected chi connectivity index (χ3v) is 3.88. The summed E-state index contributed by atoms with van der Waals surface area (Å²) in [6, 6.07) is 5.96. The van der Waals surface area contributed by atoms with Crippen LogP contribution in [0.15, 0.2) is 30.6 Å². The van der Waals surface area contributed by atoms with Gasteiger partial charge in [-0.1, -0.05) is 6.07 Å². The van der Waals surface area contributed by atoms with E-state index in [9.17, 15) is 5.11 Å².